The Hall–Kier alpha value is -0.280. The molecule has 0 bridgehead atoms. The molecule has 4 heteroatoms. The highest BCUT2D eigenvalue weighted by molar-refractivity contribution is 5.85. The predicted octanol–water partition coefficient (Wildman–Crippen LogP) is 3.60. The van der Waals surface area contributed by atoms with Gasteiger partial charge in [0, 0.05) is 25.0 Å². The lowest BCUT2D eigenvalue weighted by Crippen LogP contribution is -2.41. The third kappa shape index (κ3) is 5.14. The summed E-state index contributed by atoms with van der Waals surface area (Å²) in [5.74, 6) is 1.33. The number of hydrogen-bond donors (Lipinski definition) is 1. The number of nitrogens with zero attached hydrogens (tertiary/aromatic N) is 1. The van der Waals surface area contributed by atoms with Crippen LogP contribution in [0.5, 0.6) is 0 Å². The number of halogens is 1. The van der Waals surface area contributed by atoms with Crippen LogP contribution < -0.4 is 5.73 Å². The van der Waals surface area contributed by atoms with E-state index in [1.165, 1.54) is 6.42 Å². The summed E-state index contributed by atoms with van der Waals surface area (Å²) in [5, 5.41) is 0. The van der Waals surface area contributed by atoms with E-state index in [2.05, 4.69) is 25.7 Å². The van der Waals surface area contributed by atoms with Gasteiger partial charge in [0.05, 0.1) is 0 Å². The molecule has 2 fully saturated rings. The van der Waals surface area contributed by atoms with Crippen molar-refractivity contribution in [1.29, 1.82) is 0 Å². The van der Waals surface area contributed by atoms with Gasteiger partial charge in [-0.15, -0.1) is 12.4 Å². The van der Waals surface area contributed by atoms with E-state index in [1.807, 2.05) is 0 Å². The van der Waals surface area contributed by atoms with E-state index in [-0.39, 0.29) is 24.4 Å². The highest BCUT2D eigenvalue weighted by Crippen LogP contribution is 2.35. The Morgan fingerprint density at radius 3 is 2.38 bits per heavy atom. The zero-order chi connectivity index (χ0) is 14.8. The first-order chi connectivity index (χ1) is 9.38. The molecule has 124 valence electrons. The van der Waals surface area contributed by atoms with E-state index in [4.69, 9.17) is 5.73 Å². The smallest absolute Gasteiger partial charge is 0.225 e. The molecule has 0 aromatic rings. The van der Waals surface area contributed by atoms with Crippen molar-refractivity contribution in [1.82, 2.24) is 4.90 Å². The molecule has 21 heavy (non-hydrogen) atoms. The van der Waals surface area contributed by atoms with Gasteiger partial charge in [-0.25, -0.2) is 0 Å². The molecule has 1 aliphatic heterocycles. The summed E-state index contributed by atoms with van der Waals surface area (Å²) in [5.41, 5.74) is 6.40. The molecule has 0 aromatic heterocycles. The first-order valence-corrected chi connectivity index (χ1v) is 8.42. The summed E-state index contributed by atoms with van der Waals surface area (Å²) >= 11 is 0. The zero-order valence-corrected chi connectivity index (χ0v) is 14.8. The quantitative estimate of drug-likeness (QED) is 0.803. The van der Waals surface area contributed by atoms with Gasteiger partial charge >= 0.3 is 0 Å². The highest BCUT2D eigenvalue weighted by Gasteiger charge is 2.32. The third-order valence-electron chi connectivity index (χ3n) is 5.33. The van der Waals surface area contributed by atoms with Crippen LogP contribution in [0.2, 0.25) is 0 Å². The Bertz CT molecular complexity index is 340. The van der Waals surface area contributed by atoms with Crippen LogP contribution in [0, 0.1) is 17.3 Å². The number of hydrogen-bond acceptors (Lipinski definition) is 2. The maximum absolute atomic E-state index is 12.7. The Balaban J connectivity index is 0.00000220. The van der Waals surface area contributed by atoms with Gasteiger partial charge in [-0.3, -0.25) is 4.79 Å². The van der Waals surface area contributed by atoms with Gasteiger partial charge in [-0.2, -0.15) is 0 Å². The van der Waals surface area contributed by atoms with E-state index in [1.54, 1.807) is 0 Å². The monoisotopic (exact) mass is 316 g/mol. The summed E-state index contributed by atoms with van der Waals surface area (Å²) in [7, 11) is 0. The minimum atomic E-state index is 0. The Kier molecular flexibility index (Phi) is 6.99. The summed E-state index contributed by atoms with van der Waals surface area (Å²) in [4.78, 5) is 14.8. The lowest BCUT2D eigenvalue weighted by Gasteiger charge is -2.32. The van der Waals surface area contributed by atoms with Crippen molar-refractivity contribution in [3.05, 3.63) is 0 Å². The van der Waals surface area contributed by atoms with Crippen molar-refractivity contribution in [2.24, 2.45) is 23.0 Å². The predicted molar refractivity (Wildman–Crippen MR) is 90.6 cm³/mol. The average molecular weight is 317 g/mol. The minimum absolute atomic E-state index is 0. The molecule has 0 aromatic carbocycles. The molecule has 0 spiro atoms. The summed E-state index contributed by atoms with van der Waals surface area (Å²) in [6, 6.07) is 0.243. The van der Waals surface area contributed by atoms with Crippen LogP contribution >= 0.6 is 12.4 Å². The van der Waals surface area contributed by atoms with Crippen molar-refractivity contribution in [2.75, 3.05) is 13.1 Å². The summed E-state index contributed by atoms with van der Waals surface area (Å²) in [6.45, 7) is 8.89. The lowest BCUT2D eigenvalue weighted by atomic mass is 9.77. The fraction of sp³-hybridized carbons (Fsp3) is 0.941. The van der Waals surface area contributed by atoms with Gasteiger partial charge in [0.25, 0.3) is 0 Å². The number of nitrogens with two attached hydrogens (primary N) is 1. The lowest BCUT2D eigenvalue weighted by molar-refractivity contribution is -0.136. The molecular weight excluding hydrogens is 284 g/mol. The molecule has 1 heterocycles. The van der Waals surface area contributed by atoms with Gasteiger partial charge < -0.3 is 10.6 Å². The molecule has 3 unspecified atom stereocenters. The largest absolute Gasteiger partial charge is 0.342 e. The molecule has 1 saturated carbocycles. The van der Waals surface area contributed by atoms with Crippen LogP contribution in [0.1, 0.15) is 65.7 Å². The van der Waals surface area contributed by atoms with Crippen molar-refractivity contribution in [3.8, 4) is 0 Å². The molecule has 1 amide bonds. The van der Waals surface area contributed by atoms with Gasteiger partial charge in [0.15, 0.2) is 0 Å². The molecule has 3 nitrogen and oxygen atoms in total. The molecular formula is C17H33ClN2O. The van der Waals surface area contributed by atoms with Crippen LogP contribution in [-0.2, 0) is 4.79 Å². The van der Waals surface area contributed by atoms with Gasteiger partial charge in [-0.1, -0.05) is 27.2 Å². The molecule has 3 atom stereocenters. The molecule has 1 aliphatic carbocycles. The second-order valence-electron chi connectivity index (χ2n) is 7.94. The van der Waals surface area contributed by atoms with Crippen molar-refractivity contribution in [2.45, 2.75) is 71.8 Å². The molecule has 2 N–H and O–H groups in total. The normalized spacial score (nSPS) is 31.2. The Labute approximate surface area is 136 Å². The first kappa shape index (κ1) is 18.8. The molecule has 0 radical (unpaired) electrons. The van der Waals surface area contributed by atoms with Gasteiger partial charge in [0.2, 0.25) is 5.91 Å². The van der Waals surface area contributed by atoms with E-state index in [0.717, 1.165) is 57.5 Å². The molecule has 2 aliphatic rings. The zero-order valence-electron chi connectivity index (χ0n) is 13.9. The summed E-state index contributed by atoms with van der Waals surface area (Å²) < 4.78 is 0. The van der Waals surface area contributed by atoms with Crippen LogP contribution in [0.25, 0.3) is 0 Å². The Morgan fingerprint density at radius 2 is 1.76 bits per heavy atom. The SMILES string of the molecule is CC(C)(C)C1CCCN(C(=O)C2CCCC(N)C2)CC1.Cl. The molecule has 1 saturated heterocycles. The van der Waals surface area contributed by atoms with E-state index in [9.17, 15) is 4.79 Å². The standard InChI is InChI=1S/C17H32N2O.ClH/c1-17(2,3)14-7-5-10-19(11-9-14)16(20)13-6-4-8-15(18)12-13;/h13-15H,4-12,18H2,1-3H3;1H. The second-order valence-corrected chi connectivity index (χ2v) is 7.94. The van der Waals surface area contributed by atoms with E-state index < -0.39 is 0 Å². The maximum Gasteiger partial charge on any atom is 0.225 e. The first-order valence-electron chi connectivity index (χ1n) is 8.42. The Morgan fingerprint density at radius 1 is 1.05 bits per heavy atom. The van der Waals surface area contributed by atoms with Gasteiger partial charge in [-0.05, 0) is 49.9 Å². The number of amides is 1. The maximum atomic E-state index is 12.7. The van der Waals surface area contributed by atoms with Crippen molar-refractivity contribution >= 4 is 18.3 Å². The molecule has 2 rings (SSSR count). The fourth-order valence-corrected chi connectivity index (χ4v) is 3.89. The average Bonchev–Trinajstić information content (AvgIpc) is 2.63. The summed E-state index contributed by atoms with van der Waals surface area (Å²) in [6.07, 6.45) is 7.74. The van der Waals surface area contributed by atoms with Crippen molar-refractivity contribution < 1.29 is 4.79 Å². The van der Waals surface area contributed by atoms with Gasteiger partial charge in [0.1, 0.15) is 0 Å². The van der Waals surface area contributed by atoms with Crippen LogP contribution in [-0.4, -0.2) is 29.9 Å². The highest BCUT2D eigenvalue weighted by atomic mass is 35.5. The fourth-order valence-electron chi connectivity index (χ4n) is 3.89. The second kappa shape index (κ2) is 7.82. The number of carbonyl (C=O) groups excluding carboxylic acids is 1. The van der Waals surface area contributed by atoms with Crippen LogP contribution in [0.3, 0.4) is 0 Å². The number of rotatable bonds is 1. The number of carbonyl (C=O) groups is 1. The minimum Gasteiger partial charge on any atom is -0.342 e. The van der Waals surface area contributed by atoms with E-state index >= 15 is 0 Å². The van der Waals surface area contributed by atoms with Crippen LogP contribution in [0.15, 0.2) is 0 Å². The van der Waals surface area contributed by atoms with E-state index in [0.29, 0.717) is 11.3 Å². The number of likely N-dealkylation sites (tertiary alicyclic amines) is 1. The topological polar surface area (TPSA) is 46.3 Å². The third-order valence-corrected chi connectivity index (χ3v) is 5.33. The van der Waals surface area contributed by atoms with Crippen LogP contribution in [0.4, 0.5) is 0 Å². The van der Waals surface area contributed by atoms with Crippen molar-refractivity contribution in [3.63, 3.8) is 0 Å².